The van der Waals surface area contributed by atoms with Crippen LogP contribution < -0.4 is 0 Å². The normalized spacial score (nSPS) is 28.9. The number of benzene rings is 1. The van der Waals surface area contributed by atoms with Crippen molar-refractivity contribution < 1.29 is 0 Å². The molecule has 0 N–H and O–H groups in total. The summed E-state index contributed by atoms with van der Waals surface area (Å²) in [7, 11) is 0. The van der Waals surface area contributed by atoms with Crippen LogP contribution in [-0.4, -0.2) is 12.8 Å². The Morgan fingerprint density at radius 3 is 3.12 bits per heavy atom. The molecule has 1 aromatic rings. The second-order valence-electron chi connectivity index (χ2n) is 5.26. The second-order valence-corrected chi connectivity index (χ2v) is 5.26. The molecule has 84 valence electrons. The minimum atomic E-state index is 0.202. The Labute approximate surface area is 102 Å². The van der Waals surface area contributed by atoms with E-state index in [4.69, 9.17) is 0 Å². The molecule has 1 heterocycles. The van der Waals surface area contributed by atoms with Gasteiger partial charge in [0.2, 0.25) is 0 Å². The van der Waals surface area contributed by atoms with Crippen LogP contribution in [0.15, 0.2) is 46.5 Å². The molecule has 0 spiro atoms. The number of hydrogen-bond donors (Lipinski definition) is 0. The van der Waals surface area contributed by atoms with E-state index in [1.165, 1.54) is 36.0 Å². The summed E-state index contributed by atoms with van der Waals surface area (Å²) in [6, 6.07) is 8.85. The van der Waals surface area contributed by atoms with Gasteiger partial charge in [-0.25, -0.2) is 0 Å². The maximum absolute atomic E-state index is 4.54. The highest BCUT2D eigenvalue weighted by Crippen LogP contribution is 2.51. The molecule has 1 fully saturated rings. The lowest BCUT2D eigenvalue weighted by Gasteiger charge is -2.45. The van der Waals surface area contributed by atoms with Gasteiger partial charge in [-0.3, -0.25) is 4.99 Å². The molecule has 17 heavy (non-hydrogen) atoms. The van der Waals surface area contributed by atoms with E-state index >= 15 is 0 Å². The first-order valence-electron chi connectivity index (χ1n) is 6.41. The Kier molecular flexibility index (Phi) is 1.77. The van der Waals surface area contributed by atoms with Gasteiger partial charge >= 0.3 is 0 Å². The van der Waals surface area contributed by atoms with E-state index in [9.17, 15) is 0 Å². The van der Waals surface area contributed by atoms with Crippen molar-refractivity contribution in [1.82, 2.24) is 0 Å². The van der Waals surface area contributed by atoms with Gasteiger partial charge in [0, 0.05) is 11.6 Å². The maximum atomic E-state index is 4.54. The van der Waals surface area contributed by atoms with Crippen molar-refractivity contribution in [3.05, 3.63) is 52.6 Å². The minimum absolute atomic E-state index is 0.202. The molecule has 2 aliphatic carbocycles. The van der Waals surface area contributed by atoms with Crippen LogP contribution >= 0.6 is 0 Å². The summed E-state index contributed by atoms with van der Waals surface area (Å²) in [6.45, 7) is 0.938. The van der Waals surface area contributed by atoms with Crippen molar-refractivity contribution >= 4 is 12.3 Å². The molecule has 1 unspecified atom stereocenters. The van der Waals surface area contributed by atoms with Crippen LogP contribution in [0.25, 0.3) is 6.08 Å². The van der Waals surface area contributed by atoms with Crippen molar-refractivity contribution in [2.75, 3.05) is 6.54 Å². The Hall–Kier alpha value is -1.63. The van der Waals surface area contributed by atoms with Gasteiger partial charge in [0.25, 0.3) is 0 Å². The van der Waals surface area contributed by atoms with E-state index in [0.29, 0.717) is 0 Å². The topological polar surface area (TPSA) is 12.4 Å². The summed E-state index contributed by atoms with van der Waals surface area (Å²) >= 11 is 0. The van der Waals surface area contributed by atoms with Crippen molar-refractivity contribution in [3.63, 3.8) is 0 Å². The molecule has 0 aromatic heterocycles. The van der Waals surface area contributed by atoms with Gasteiger partial charge < -0.3 is 0 Å². The number of dihydropyridines is 1. The molecule has 1 aliphatic heterocycles. The third-order valence-electron chi connectivity index (χ3n) is 4.43. The summed E-state index contributed by atoms with van der Waals surface area (Å²) in [4.78, 5) is 4.54. The molecule has 2 bridgehead atoms. The zero-order chi connectivity index (χ0) is 11.3. The summed E-state index contributed by atoms with van der Waals surface area (Å²) in [5.74, 6) is 0. The number of allylic oxidation sites excluding steroid dienone is 2. The first kappa shape index (κ1) is 9.41. The van der Waals surface area contributed by atoms with Crippen molar-refractivity contribution in [2.45, 2.75) is 24.7 Å². The largest absolute Gasteiger partial charge is 0.292 e. The predicted octanol–water partition coefficient (Wildman–Crippen LogP) is 3.52. The van der Waals surface area contributed by atoms with Crippen LogP contribution in [0.3, 0.4) is 0 Å². The number of nitrogens with zero attached hydrogens (tertiary/aromatic N) is 1. The van der Waals surface area contributed by atoms with Crippen molar-refractivity contribution in [3.8, 4) is 0 Å². The number of fused-ring (bicyclic) bond motifs is 1. The molecule has 3 aliphatic rings. The lowest BCUT2D eigenvalue weighted by atomic mass is 9.59. The lowest BCUT2D eigenvalue weighted by Crippen LogP contribution is -2.40. The fourth-order valence-electron chi connectivity index (χ4n) is 3.69. The van der Waals surface area contributed by atoms with Gasteiger partial charge in [0.1, 0.15) is 0 Å². The number of rotatable bonds is 0. The predicted molar refractivity (Wildman–Crippen MR) is 71.4 cm³/mol. The SMILES string of the molecule is C1=NCC23CCCC(=Cc4ccccc42)C3=C1. The van der Waals surface area contributed by atoms with Gasteiger partial charge in [-0.1, -0.05) is 30.3 Å². The van der Waals surface area contributed by atoms with E-state index in [-0.39, 0.29) is 5.41 Å². The Morgan fingerprint density at radius 1 is 1.18 bits per heavy atom. The zero-order valence-corrected chi connectivity index (χ0v) is 9.82. The van der Waals surface area contributed by atoms with Crippen LogP contribution in [0, 0.1) is 0 Å². The van der Waals surface area contributed by atoms with Crippen LogP contribution in [0.1, 0.15) is 30.4 Å². The molecule has 1 saturated carbocycles. The molecule has 1 nitrogen and oxygen atoms in total. The van der Waals surface area contributed by atoms with E-state index in [0.717, 1.165) is 6.54 Å². The van der Waals surface area contributed by atoms with Crippen LogP contribution in [0.2, 0.25) is 0 Å². The van der Waals surface area contributed by atoms with Gasteiger partial charge in [-0.15, -0.1) is 0 Å². The Morgan fingerprint density at radius 2 is 2.12 bits per heavy atom. The van der Waals surface area contributed by atoms with Crippen molar-refractivity contribution in [1.29, 1.82) is 0 Å². The minimum Gasteiger partial charge on any atom is -0.292 e. The number of hydrogen-bond acceptors (Lipinski definition) is 1. The van der Waals surface area contributed by atoms with E-state index in [1.54, 1.807) is 5.57 Å². The van der Waals surface area contributed by atoms with Gasteiger partial charge in [0.15, 0.2) is 0 Å². The van der Waals surface area contributed by atoms with Crippen molar-refractivity contribution in [2.24, 2.45) is 4.99 Å². The fraction of sp³-hybridized carbons (Fsp3) is 0.312. The van der Waals surface area contributed by atoms with Gasteiger partial charge in [-0.2, -0.15) is 0 Å². The highest BCUT2D eigenvalue weighted by atomic mass is 14.8. The zero-order valence-electron chi connectivity index (χ0n) is 9.82. The monoisotopic (exact) mass is 221 g/mol. The molecule has 1 atom stereocenters. The van der Waals surface area contributed by atoms with Crippen LogP contribution in [0.5, 0.6) is 0 Å². The molecule has 4 rings (SSSR count). The van der Waals surface area contributed by atoms with Gasteiger partial charge in [0.05, 0.1) is 6.54 Å². The first-order chi connectivity index (χ1) is 8.40. The van der Waals surface area contributed by atoms with E-state index in [2.05, 4.69) is 41.4 Å². The molecule has 0 saturated heterocycles. The highest BCUT2D eigenvalue weighted by molar-refractivity contribution is 5.82. The smallest absolute Gasteiger partial charge is 0.0527 e. The lowest BCUT2D eigenvalue weighted by molar-refractivity contribution is 0.424. The van der Waals surface area contributed by atoms with Crippen LogP contribution in [-0.2, 0) is 5.41 Å². The Balaban J connectivity index is 2.06. The highest BCUT2D eigenvalue weighted by Gasteiger charge is 2.43. The summed E-state index contributed by atoms with van der Waals surface area (Å²) in [5.41, 5.74) is 6.19. The maximum Gasteiger partial charge on any atom is 0.0527 e. The summed E-state index contributed by atoms with van der Waals surface area (Å²) < 4.78 is 0. The summed E-state index contributed by atoms with van der Waals surface area (Å²) in [5, 5.41) is 0. The van der Waals surface area contributed by atoms with E-state index in [1.807, 2.05) is 6.21 Å². The average Bonchev–Trinajstić information content (AvgIpc) is 2.39. The number of aliphatic imine (C=N–C) groups is 1. The molecule has 0 radical (unpaired) electrons. The average molecular weight is 221 g/mol. The van der Waals surface area contributed by atoms with E-state index < -0.39 is 0 Å². The molecule has 1 heteroatoms. The quantitative estimate of drug-likeness (QED) is 0.635. The van der Waals surface area contributed by atoms with Gasteiger partial charge in [-0.05, 0) is 47.6 Å². The first-order valence-corrected chi connectivity index (χ1v) is 6.41. The standard InChI is InChI=1S/C16H15N/c1-2-6-14-12(4-1)10-13-5-3-8-16(14)11-17-9-7-15(13)16/h1-2,4,6-7,9-10H,3,5,8,11H2. The second kappa shape index (κ2) is 3.19. The summed E-state index contributed by atoms with van der Waals surface area (Å²) in [6.07, 6.45) is 10.4. The van der Waals surface area contributed by atoms with Crippen LogP contribution in [0.4, 0.5) is 0 Å². The third kappa shape index (κ3) is 1.12. The molecular weight excluding hydrogens is 206 g/mol. The third-order valence-corrected chi connectivity index (χ3v) is 4.43. The fourth-order valence-corrected chi connectivity index (χ4v) is 3.69. The Bertz CT molecular complexity index is 577. The molecule has 1 aromatic carbocycles. The molecular formula is C16H15N. The molecule has 0 amide bonds.